The zero-order chi connectivity index (χ0) is 14.5. The van der Waals surface area contributed by atoms with Crippen molar-refractivity contribution in [3.05, 3.63) is 10.4 Å². The Morgan fingerprint density at radius 3 is 2.68 bits per heavy atom. The number of azide groups is 1. The van der Waals surface area contributed by atoms with Gasteiger partial charge in [-0.05, 0) is 24.8 Å². The zero-order valence-corrected chi connectivity index (χ0v) is 10.8. The topological polar surface area (TPSA) is 138 Å². The van der Waals surface area contributed by atoms with E-state index in [1.807, 2.05) is 0 Å². The van der Waals surface area contributed by atoms with Gasteiger partial charge in [-0.25, -0.2) is 0 Å². The first kappa shape index (κ1) is 17.2. The number of nitrogens with two attached hydrogens (primary N) is 1. The Morgan fingerprint density at radius 2 is 2.05 bits per heavy atom. The number of carbonyl (C=O) groups excluding carboxylic acids is 1. The highest BCUT2D eigenvalue weighted by Crippen LogP contribution is 2.06. The van der Waals surface area contributed by atoms with Crippen molar-refractivity contribution in [3.63, 3.8) is 0 Å². The van der Waals surface area contributed by atoms with Gasteiger partial charge in [-0.3, -0.25) is 9.59 Å². The van der Waals surface area contributed by atoms with Gasteiger partial charge in [0.15, 0.2) is 0 Å². The number of nitrogens with zero attached hydrogens (tertiary/aromatic N) is 3. The fourth-order valence-corrected chi connectivity index (χ4v) is 1.37. The number of esters is 1. The molecule has 0 aliphatic heterocycles. The average molecular weight is 272 g/mol. The van der Waals surface area contributed by atoms with E-state index in [-0.39, 0.29) is 12.6 Å². The van der Waals surface area contributed by atoms with Crippen molar-refractivity contribution in [2.24, 2.45) is 10.8 Å². The third-order valence-corrected chi connectivity index (χ3v) is 2.44. The fourth-order valence-electron chi connectivity index (χ4n) is 1.37. The monoisotopic (exact) mass is 272 g/mol. The number of ether oxygens (including phenoxy) is 1. The standard InChI is InChI=1S/C11H20N4O4/c12-9(11(17)18)5-2-1-3-6-10(16)19-8-4-7-14-15-13/h9H,1-8,12H2,(H,17,18)/t9-/m0/s1. The summed E-state index contributed by atoms with van der Waals surface area (Å²) in [5, 5.41) is 11.9. The van der Waals surface area contributed by atoms with Crippen LogP contribution >= 0.6 is 0 Å². The van der Waals surface area contributed by atoms with Crippen LogP contribution in [0, 0.1) is 0 Å². The number of hydrogen-bond donors (Lipinski definition) is 2. The number of rotatable bonds is 11. The van der Waals surface area contributed by atoms with Crippen LogP contribution in [0.1, 0.15) is 38.5 Å². The molecule has 3 N–H and O–H groups in total. The third-order valence-electron chi connectivity index (χ3n) is 2.44. The summed E-state index contributed by atoms with van der Waals surface area (Å²) in [6.45, 7) is 0.568. The van der Waals surface area contributed by atoms with Crippen LogP contribution < -0.4 is 5.73 Å². The maximum atomic E-state index is 11.2. The lowest BCUT2D eigenvalue weighted by molar-refractivity contribution is -0.144. The predicted octanol–water partition coefficient (Wildman–Crippen LogP) is 1.59. The molecule has 0 radical (unpaired) electrons. The highest BCUT2D eigenvalue weighted by atomic mass is 16.5. The molecule has 0 aliphatic rings. The van der Waals surface area contributed by atoms with Crippen LogP contribution in [-0.4, -0.2) is 36.2 Å². The molecule has 0 aromatic heterocycles. The van der Waals surface area contributed by atoms with Gasteiger partial charge in [0.2, 0.25) is 0 Å². The van der Waals surface area contributed by atoms with E-state index in [2.05, 4.69) is 10.0 Å². The molecule has 0 aromatic carbocycles. The molecule has 108 valence electrons. The number of carboxylic acids is 1. The highest BCUT2D eigenvalue weighted by molar-refractivity contribution is 5.72. The average Bonchev–Trinajstić information content (AvgIpc) is 2.37. The van der Waals surface area contributed by atoms with E-state index in [0.29, 0.717) is 38.6 Å². The summed E-state index contributed by atoms with van der Waals surface area (Å²) < 4.78 is 4.91. The maximum absolute atomic E-state index is 11.2. The molecule has 8 nitrogen and oxygen atoms in total. The predicted molar refractivity (Wildman–Crippen MR) is 68.3 cm³/mol. The van der Waals surface area contributed by atoms with Gasteiger partial charge in [-0.15, -0.1) is 0 Å². The van der Waals surface area contributed by atoms with Crippen molar-refractivity contribution in [3.8, 4) is 0 Å². The van der Waals surface area contributed by atoms with Crippen molar-refractivity contribution in [2.45, 2.75) is 44.6 Å². The highest BCUT2D eigenvalue weighted by Gasteiger charge is 2.10. The van der Waals surface area contributed by atoms with Crippen molar-refractivity contribution in [1.82, 2.24) is 0 Å². The van der Waals surface area contributed by atoms with Crippen LogP contribution in [0.5, 0.6) is 0 Å². The van der Waals surface area contributed by atoms with Crippen LogP contribution in [0.2, 0.25) is 0 Å². The molecular formula is C11H20N4O4. The Hall–Kier alpha value is -1.79. The SMILES string of the molecule is [N-]=[N+]=NCCCOC(=O)CCCCC[C@H](N)C(=O)O. The Kier molecular flexibility index (Phi) is 10.2. The molecule has 1 atom stereocenters. The molecule has 0 heterocycles. The molecule has 0 rings (SSSR count). The Labute approximate surface area is 111 Å². The van der Waals surface area contributed by atoms with E-state index in [4.69, 9.17) is 21.1 Å². The van der Waals surface area contributed by atoms with E-state index in [1.165, 1.54) is 0 Å². The van der Waals surface area contributed by atoms with E-state index < -0.39 is 12.0 Å². The van der Waals surface area contributed by atoms with Crippen molar-refractivity contribution >= 4 is 11.9 Å². The van der Waals surface area contributed by atoms with Crippen LogP contribution in [0.15, 0.2) is 5.11 Å². The number of carbonyl (C=O) groups is 2. The van der Waals surface area contributed by atoms with Gasteiger partial charge in [0.1, 0.15) is 6.04 Å². The quantitative estimate of drug-likeness (QED) is 0.193. The minimum Gasteiger partial charge on any atom is -0.480 e. The molecule has 0 fully saturated rings. The van der Waals surface area contributed by atoms with Crippen molar-refractivity contribution < 1.29 is 19.4 Å². The van der Waals surface area contributed by atoms with Gasteiger partial charge in [0, 0.05) is 17.9 Å². The molecular weight excluding hydrogens is 252 g/mol. The first-order valence-electron chi connectivity index (χ1n) is 6.22. The zero-order valence-electron chi connectivity index (χ0n) is 10.8. The third kappa shape index (κ3) is 11.1. The second kappa shape index (κ2) is 11.3. The summed E-state index contributed by atoms with van der Waals surface area (Å²) in [7, 11) is 0. The van der Waals surface area contributed by atoms with Gasteiger partial charge in [0.25, 0.3) is 0 Å². The number of hydrogen-bond acceptors (Lipinski definition) is 5. The normalized spacial score (nSPS) is 11.4. The van der Waals surface area contributed by atoms with Crippen molar-refractivity contribution in [1.29, 1.82) is 0 Å². The number of aliphatic carboxylic acids is 1. The smallest absolute Gasteiger partial charge is 0.320 e. The molecule has 0 saturated carbocycles. The summed E-state index contributed by atoms with van der Waals surface area (Å²) in [6.07, 6.45) is 3.32. The summed E-state index contributed by atoms with van der Waals surface area (Å²) >= 11 is 0. The summed E-state index contributed by atoms with van der Waals surface area (Å²) in [6, 6.07) is -0.826. The van der Waals surface area contributed by atoms with Gasteiger partial charge in [-0.1, -0.05) is 18.0 Å². The lowest BCUT2D eigenvalue weighted by Crippen LogP contribution is -2.29. The van der Waals surface area contributed by atoms with Gasteiger partial charge in [0.05, 0.1) is 6.61 Å². The Morgan fingerprint density at radius 1 is 1.32 bits per heavy atom. The molecule has 0 amide bonds. The van der Waals surface area contributed by atoms with Gasteiger partial charge >= 0.3 is 11.9 Å². The van der Waals surface area contributed by atoms with Gasteiger partial charge in [-0.2, -0.15) is 0 Å². The van der Waals surface area contributed by atoms with Gasteiger partial charge < -0.3 is 15.6 Å². The molecule has 0 aliphatic carbocycles. The second-order valence-corrected chi connectivity index (χ2v) is 4.07. The summed E-state index contributed by atoms with van der Waals surface area (Å²) in [5.74, 6) is -1.29. The molecule has 0 spiro atoms. The molecule has 0 unspecified atom stereocenters. The first-order valence-corrected chi connectivity index (χ1v) is 6.22. The van der Waals surface area contributed by atoms with Crippen LogP contribution in [-0.2, 0) is 14.3 Å². The maximum Gasteiger partial charge on any atom is 0.320 e. The largest absolute Gasteiger partial charge is 0.480 e. The Balaban J connectivity index is 3.38. The Bertz CT molecular complexity index is 329. The minimum atomic E-state index is -1.00. The number of unbranched alkanes of at least 4 members (excludes halogenated alkanes) is 2. The van der Waals surface area contributed by atoms with E-state index in [0.717, 1.165) is 6.42 Å². The molecule has 8 heteroatoms. The molecule has 0 bridgehead atoms. The molecule has 19 heavy (non-hydrogen) atoms. The lowest BCUT2D eigenvalue weighted by Gasteiger charge is -2.06. The second-order valence-electron chi connectivity index (χ2n) is 4.07. The summed E-state index contributed by atoms with van der Waals surface area (Å²) in [4.78, 5) is 24.3. The van der Waals surface area contributed by atoms with Crippen LogP contribution in [0.25, 0.3) is 10.4 Å². The molecule has 0 aromatic rings. The van der Waals surface area contributed by atoms with E-state index in [9.17, 15) is 9.59 Å². The summed E-state index contributed by atoms with van der Waals surface area (Å²) in [5.41, 5.74) is 13.4. The van der Waals surface area contributed by atoms with E-state index in [1.54, 1.807) is 0 Å². The minimum absolute atomic E-state index is 0.252. The van der Waals surface area contributed by atoms with Crippen LogP contribution in [0.3, 0.4) is 0 Å². The van der Waals surface area contributed by atoms with Crippen molar-refractivity contribution in [2.75, 3.05) is 13.2 Å². The van der Waals surface area contributed by atoms with E-state index >= 15 is 0 Å². The number of carboxylic acid groups (broad SMARTS) is 1. The molecule has 0 saturated heterocycles. The fraction of sp³-hybridized carbons (Fsp3) is 0.818. The van der Waals surface area contributed by atoms with Crippen LogP contribution in [0.4, 0.5) is 0 Å². The first-order chi connectivity index (χ1) is 9.07. The lowest BCUT2D eigenvalue weighted by atomic mass is 10.1.